The van der Waals surface area contributed by atoms with Crippen LogP contribution in [-0.2, 0) is 20.5 Å². The maximum absolute atomic E-state index is 12.3. The Bertz CT molecular complexity index is 523. The molecule has 7 heteroatoms. The first-order valence-electron chi connectivity index (χ1n) is 6.34. The summed E-state index contributed by atoms with van der Waals surface area (Å²) in [7, 11) is 0.0563. The number of nitrogens with one attached hydrogen (secondary N) is 1. The number of hydrogen-bond acceptors (Lipinski definition) is 3. The Labute approximate surface area is 144 Å². The van der Waals surface area contributed by atoms with E-state index in [9.17, 15) is 9.00 Å². The topological polar surface area (TPSA) is 55.4 Å². The van der Waals surface area contributed by atoms with Crippen LogP contribution in [0.3, 0.4) is 0 Å². The van der Waals surface area contributed by atoms with Crippen LogP contribution in [0.4, 0.5) is 0 Å². The summed E-state index contributed by atoms with van der Waals surface area (Å²) in [5, 5.41) is 0. The summed E-state index contributed by atoms with van der Waals surface area (Å²) in [5.74, 6) is -0.352. The Morgan fingerprint density at radius 1 is 1.29 bits per heavy atom. The lowest BCUT2D eigenvalue weighted by atomic mass is 10.1. The van der Waals surface area contributed by atoms with E-state index in [1.807, 2.05) is 39.0 Å². The lowest BCUT2D eigenvalue weighted by Crippen LogP contribution is -2.36. The van der Waals surface area contributed by atoms with E-state index in [-0.39, 0.29) is 18.4 Å². The van der Waals surface area contributed by atoms with Crippen LogP contribution in [0.2, 0.25) is 0 Å². The minimum Gasteiger partial charge on any atom is -0.469 e. The SMILES string of the molecule is COC(=O)C[C@H](N[S@](=O)C(C)(C)C)c1cc(Br)cc(Br)c1. The number of methoxy groups -OCH3 is 1. The summed E-state index contributed by atoms with van der Waals surface area (Å²) in [5.41, 5.74) is 0.860. The van der Waals surface area contributed by atoms with Crippen LogP contribution in [-0.4, -0.2) is 22.0 Å². The van der Waals surface area contributed by atoms with E-state index in [0.29, 0.717) is 0 Å². The molecule has 0 aromatic heterocycles. The molecule has 0 unspecified atom stereocenters. The van der Waals surface area contributed by atoms with E-state index in [0.717, 1.165) is 14.5 Å². The smallest absolute Gasteiger partial charge is 0.307 e. The summed E-state index contributed by atoms with van der Waals surface area (Å²) in [6.07, 6.45) is 0.112. The lowest BCUT2D eigenvalue weighted by Gasteiger charge is -2.24. The van der Waals surface area contributed by atoms with E-state index < -0.39 is 15.7 Å². The van der Waals surface area contributed by atoms with Crippen LogP contribution in [0.25, 0.3) is 0 Å². The Morgan fingerprint density at radius 2 is 1.81 bits per heavy atom. The highest BCUT2D eigenvalue weighted by Gasteiger charge is 2.25. The van der Waals surface area contributed by atoms with Crippen molar-refractivity contribution in [3.8, 4) is 0 Å². The molecule has 0 aliphatic heterocycles. The second-order valence-corrected chi connectivity index (χ2v) is 9.36. The number of esters is 1. The highest BCUT2D eigenvalue weighted by molar-refractivity contribution is 9.11. The number of rotatable bonds is 5. The van der Waals surface area contributed by atoms with E-state index >= 15 is 0 Å². The first kappa shape index (κ1) is 18.8. The van der Waals surface area contributed by atoms with Crippen molar-refractivity contribution in [2.75, 3.05) is 7.11 Å². The second kappa shape index (κ2) is 7.85. The monoisotopic (exact) mass is 439 g/mol. The fourth-order valence-electron chi connectivity index (χ4n) is 1.56. The molecule has 0 aliphatic carbocycles. The fraction of sp³-hybridized carbons (Fsp3) is 0.500. The molecule has 0 saturated heterocycles. The molecular formula is C14H19Br2NO3S. The van der Waals surface area contributed by atoms with Gasteiger partial charge < -0.3 is 4.74 Å². The molecule has 1 aromatic carbocycles. The second-order valence-electron chi connectivity index (χ2n) is 5.53. The molecule has 0 aliphatic rings. The Kier molecular flexibility index (Phi) is 7.03. The molecule has 0 fully saturated rings. The van der Waals surface area contributed by atoms with Crippen LogP contribution in [0.5, 0.6) is 0 Å². The van der Waals surface area contributed by atoms with Gasteiger partial charge in [-0.3, -0.25) is 4.79 Å². The van der Waals surface area contributed by atoms with Crippen molar-refractivity contribution >= 4 is 48.8 Å². The molecule has 0 saturated carbocycles. The molecule has 0 amide bonds. The van der Waals surface area contributed by atoms with Crippen molar-refractivity contribution in [3.05, 3.63) is 32.7 Å². The minimum absolute atomic E-state index is 0.112. The predicted molar refractivity (Wildman–Crippen MR) is 92.2 cm³/mol. The van der Waals surface area contributed by atoms with Gasteiger partial charge in [0.2, 0.25) is 0 Å². The maximum Gasteiger partial charge on any atom is 0.307 e. The quantitative estimate of drug-likeness (QED) is 0.707. The third-order valence-corrected chi connectivity index (χ3v) is 5.22. The molecule has 0 spiro atoms. The average molecular weight is 441 g/mol. The van der Waals surface area contributed by atoms with Crippen LogP contribution in [0.1, 0.15) is 38.8 Å². The highest BCUT2D eigenvalue weighted by atomic mass is 79.9. The number of hydrogen-bond donors (Lipinski definition) is 1. The van der Waals surface area contributed by atoms with Gasteiger partial charge in [-0.05, 0) is 44.5 Å². The van der Waals surface area contributed by atoms with E-state index in [2.05, 4.69) is 36.6 Å². The summed E-state index contributed by atoms with van der Waals surface area (Å²) < 4.78 is 21.4. The normalized spacial score (nSPS) is 14.6. The van der Waals surface area contributed by atoms with Crippen molar-refractivity contribution in [3.63, 3.8) is 0 Å². The van der Waals surface area contributed by atoms with Gasteiger partial charge in [-0.1, -0.05) is 31.9 Å². The van der Waals surface area contributed by atoms with Gasteiger partial charge in [0.05, 0.1) is 35.3 Å². The van der Waals surface area contributed by atoms with Crippen molar-refractivity contribution in [1.29, 1.82) is 0 Å². The zero-order valence-electron chi connectivity index (χ0n) is 12.4. The summed E-state index contributed by atoms with van der Waals surface area (Å²) in [4.78, 5) is 11.6. The lowest BCUT2D eigenvalue weighted by molar-refractivity contribution is -0.141. The third-order valence-electron chi connectivity index (χ3n) is 2.69. The van der Waals surface area contributed by atoms with Gasteiger partial charge in [-0.25, -0.2) is 8.93 Å². The van der Waals surface area contributed by atoms with Crippen LogP contribution in [0.15, 0.2) is 27.1 Å². The Balaban J connectivity index is 3.07. The van der Waals surface area contributed by atoms with Gasteiger partial charge in [0.1, 0.15) is 0 Å². The van der Waals surface area contributed by atoms with Gasteiger partial charge in [0.15, 0.2) is 0 Å². The van der Waals surface area contributed by atoms with Gasteiger partial charge in [0, 0.05) is 8.95 Å². The molecule has 0 heterocycles. The zero-order chi connectivity index (χ0) is 16.2. The zero-order valence-corrected chi connectivity index (χ0v) is 16.4. The standard InChI is InChI=1S/C14H19Br2NO3S/c1-14(2,3)21(19)17-12(8-13(18)20-4)9-5-10(15)7-11(16)6-9/h5-7,12,17H,8H2,1-4H3/t12-,21+/m0/s1. The summed E-state index contributed by atoms with van der Waals surface area (Å²) in [6.45, 7) is 5.63. The Hall–Kier alpha value is -0.240. The molecule has 2 atom stereocenters. The van der Waals surface area contributed by atoms with Crippen molar-refractivity contribution < 1.29 is 13.7 Å². The molecule has 1 N–H and O–H groups in total. The first-order chi connectivity index (χ1) is 9.63. The fourth-order valence-corrected chi connectivity index (χ4v) is 3.72. The predicted octanol–water partition coefficient (Wildman–Crippen LogP) is 3.87. The Morgan fingerprint density at radius 3 is 2.24 bits per heavy atom. The third kappa shape index (κ3) is 6.18. The number of ether oxygens (including phenoxy) is 1. The van der Waals surface area contributed by atoms with Gasteiger partial charge in [-0.15, -0.1) is 0 Å². The number of benzene rings is 1. The van der Waals surface area contributed by atoms with Crippen molar-refractivity contribution in [2.45, 2.75) is 38.0 Å². The van der Waals surface area contributed by atoms with E-state index in [1.54, 1.807) is 0 Å². The van der Waals surface area contributed by atoms with E-state index in [4.69, 9.17) is 4.74 Å². The molecule has 118 valence electrons. The van der Waals surface area contributed by atoms with Crippen LogP contribution in [0, 0.1) is 0 Å². The average Bonchev–Trinajstić information content (AvgIpc) is 2.35. The van der Waals surface area contributed by atoms with Crippen LogP contribution >= 0.6 is 31.9 Å². The molecule has 21 heavy (non-hydrogen) atoms. The summed E-state index contributed by atoms with van der Waals surface area (Å²) in [6, 6.07) is 5.31. The minimum atomic E-state index is -1.29. The number of carbonyl (C=O) groups excluding carboxylic acids is 1. The molecule has 0 radical (unpaired) electrons. The number of carbonyl (C=O) groups is 1. The van der Waals surface area contributed by atoms with Crippen molar-refractivity contribution in [2.24, 2.45) is 0 Å². The molecule has 0 bridgehead atoms. The molecule has 1 rings (SSSR count). The maximum atomic E-state index is 12.3. The molecule has 1 aromatic rings. The van der Waals surface area contributed by atoms with Crippen molar-refractivity contribution in [1.82, 2.24) is 4.72 Å². The van der Waals surface area contributed by atoms with Gasteiger partial charge in [0.25, 0.3) is 0 Å². The van der Waals surface area contributed by atoms with E-state index in [1.165, 1.54) is 7.11 Å². The van der Waals surface area contributed by atoms with Gasteiger partial charge >= 0.3 is 5.97 Å². The first-order valence-corrected chi connectivity index (χ1v) is 9.08. The molecule has 4 nitrogen and oxygen atoms in total. The largest absolute Gasteiger partial charge is 0.469 e. The number of halogens is 2. The van der Waals surface area contributed by atoms with Crippen LogP contribution < -0.4 is 4.72 Å². The summed E-state index contributed by atoms with van der Waals surface area (Å²) >= 11 is 6.84. The van der Waals surface area contributed by atoms with Gasteiger partial charge in [-0.2, -0.15) is 0 Å². The highest BCUT2D eigenvalue weighted by Crippen LogP contribution is 2.27. The molecular weight excluding hydrogens is 422 g/mol.